The second-order valence-electron chi connectivity index (χ2n) is 5.80. The van der Waals surface area contributed by atoms with Crippen molar-refractivity contribution in [3.8, 4) is 0 Å². The smallest absolute Gasteiger partial charge is 0.253 e. The third kappa shape index (κ3) is 3.68. The monoisotopic (exact) mass is 324 g/mol. The average Bonchev–Trinajstić information content (AvgIpc) is 2.53. The molecule has 0 aliphatic heterocycles. The zero-order chi connectivity index (χ0) is 17.1. The first-order chi connectivity index (χ1) is 11.5. The van der Waals surface area contributed by atoms with Crippen molar-refractivity contribution in [2.24, 2.45) is 0 Å². The molecule has 122 valence electrons. The number of nitrogens with one attached hydrogen (secondary N) is 2. The number of fused-ring (bicyclic) bond motifs is 1. The van der Waals surface area contributed by atoms with Gasteiger partial charge >= 0.3 is 0 Å². The molecule has 0 unspecified atom stereocenters. The predicted octanol–water partition coefficient (Wildman–Crippen LogP) is 2.83. The van der Waals surface area contributed by atoms with Gasteiger partial charge < -0.3 is 10.3 Å². The molecule has 1 amide bonds. The summed E-state index contributed by atoms with van der Waals surface area (Å²) in [6.07, 6.45) is 0.0718. The molecule has 5 heteroatoms. The van der Waals surface area contributed by atoms with Gasteiger partial charge in [0.15, 0.2) is 0 Å². The highest BCUT2D eigenvalue weighted by Gasteiger charge is 2.07. The van der Waals surface area contributed by atoms with Gasteiger partial charge in [-0.1, -0.05) is 23.8 Å². The average molecular weight is 324 g/mol. The first-order valence-electron chi connectivity index (χ1n) is 7.65. The zero-order valence-corrected chi connectivity index (χ0v) is 13.2. The first kappa shape index (κ1) is 15.9. The molecular weight excluding hydrogens is 307 g/mol. The lowest BCUT2D eigenvalue weighted by Crippen LogP contribution is -2.28. The largest absolute Gasteiger partial charge is 0.352 e. The Balaban J connectivity index is 1.72. The number of aryl methyl sites for hydroxylation is 1. The summed E-state index contributed by atoms with van der Waals surface area (Å²) in [5, 5.41) is 3.63. The molecule has 3 aromatic rings. The number of hydrogen-bond donors (Lipinski definition) is 2. The Kier molecular flexibility index (Phi) is 4.42. The molecule has 1 aromatic heterocycles. The Bertz CT molecular complexity index is 963. The van der Waals surface area contributed by atoms with Gasteiger partial charge in [0.1, 0.15) is 5.82 Å². The number of amides is 1. The van der Waals surface area contributed by atoms with Gasteiger partial charge in [0.05, 0.1) is 6.42 Å². The minimum Gasteiger partial charge on any atom is -0.352 e. The Morgan fingerprint density at radius 1 is 1.17 bits per heavy atom. The van der Waals surface area contributed by atoms with Gasteiger partial charge in [0.25, 0.3) is 5.56 Å². The SMILES string of the molecule is Cc1ccc2[nH]c(=O)c(CNC(=O)Cc3cccc(F)c3)cc2c1. The van der Waals surface area contributed by atoms with Crippen LogP contribution in [-0.4, -0.2) is 10.9 Å². The van der Waals surface area contributed by atoms with Gasteiger partial charge in [-0.15, -0.1) is 0 Å². The fourth-order valence-electron chi connectivity index (χ4n) is 2.59. The van der Waals surface area contributed by atoms with Crippen LogP contribution in [-0.2, 0) is 17.8 Å². The van der Waals surface area contributed by atoms with Crippen molar-refractivity contribution in [1.82, 2.24) is 10.3 Å². The third-order valence-electron chi connectivity index (χ3n) is 3.81. The number of pyridine rings is 1. The summed E-state index contributed by atoms with van der Waals surface area (Å²) >= 11 is 0. The maximum Gasteiger partial charge on any atom is 0.253 e. The van der Waals surface area contributed by atoms with Crippen molar-refractivity contribution in [3.05, 3.63) is 81.4 Å². The summed E-state index contributed by atoms with van der Waals surface area (Å²) in [7, 11) is 0. The molecule has 3 rings (SSSR count). The molecule has 0 atom stereocenters. The van der Waals surface area contributed by atoms with Crippen LogP contribution >= 0.6 is 0 Å². The molecule has 4 nitrogen and oxygen atoms in total. The summed E-state index contributed by atoms with van der Waals surface area (Å²) in [5.74, 6) is -0.633. The number of carbonyl (C=O) groups is 1. The van der Waals surface area contributed by atoms with E-state index in [-0.39, 0.29) is 30.2 Å². The Hall–Kier alpha value is -2.95. The van der Waals surface area contributed by atoms with E-state index in [0.29, 0.717) is 11.1 Å². The topological polar surface area (TPSA) is 62.0 Å². The van der Waals surface area contributed by atoms with Crippen molar-refractivity contribution in [1.29, 1.82) is 0 Å². The minimum atomic E-state index is -0.373. The second-order valence-corrected chi connectivity index (χ2v) is 5.80. The van der Waals surface area contributed by atoms with Crippen molar-refractivity contribution < 1.29 is 9.18 Å². The molecule has 2 aromatic carbocycles. The van der Waals surface area contributed by atoms with E-state index in [1.54, 1.807) is 18.2 Å². The Morgan fingerprint density at radius 3 is 2.79 bits per heavy atom. The van der Waals surface area contributed by atoms with E-state index in [9.17, 15) is 14.0 Å². The van der Waals surface area contributed by atoms with E-state index in [4.69, 9.17) is 0 Å². The molecule has 2 N–H and O–H groups in total. The number of benzene rings is 2. The molecule has 0 saturated carbocycles. The molecular formula is C19H17FN2O2. The number of aromatic nitrogens is 1. The summed E-state index contributed by atoms with van der Waals surface area (Å²) in [5.41, 5.74) is 2.71. The van der Waals surface area contributed by atoms with Gasteiger partial charge in [-0.3, -0.25) is 9.59 Å². The standard InChI is InChI=1S/C19H17FN2O2/c1-12-5-6-17-14(7-12)10-15(19(24)22-17)11-21-18(23)9-13-3-2-4-16(20)8-13/h2-8,10H,9,11H2,1H3,(H,21,23)(H,22,24). The van der Waals surface area contributed by atoms with Crippen LogP contribution < -0.4 is 10.9 Å². The molecule has 0 aliphatic carbocycles. The molecule has 0 aliphatic rings. The Morgan fingerprint density at radius 2 is 2.00 bits per heavy atom. The van der Waals surface area contributed by atoms with Crippen LogP contribution in [0.1, 0.15) is 16.7 Å². The van der Waals surface area contributed by atoms with Crippen molar-refractivity contribution in [2.75, 3.05) is 0 Å². The van der Waals surface area contributed by atoms with Gasteiger partial charge in [-0.05, 0) is 48.2 Å². The van der Waals surface area contributed by atoms with Gasteiger partial charge in [-0.2, -0.15) is 0 Å². The zero-order valence-electron chi connectivity index (χ0n) is 13.2. The van der Waals surface area contributed by atoms with Crippen molar-refractivity contribution >= 4 is 16.8 Å². The summed E-state index contributed by atoms with van der Waals surface area (Å²) in [4.78, 5) is 26.9. The number of aromatic amines is 1. The lowest BCUT2D eigenvalue weighted by molar-refractivity contribution is -0.120. The van der Waals surface area contributed by atoms with E-state index in [1.165, 1.54) is 12.1 Å². The van der Waals surface area contributed by atoms with E-state index < -0.39 is 0 Å². The van der Waals surface area contributed by atoms with Crippen molar-refractivity contribution in [3.63, 3.8) is 0 Å². The van der Waals surface area contributed by atoms with Gasteiger partial charge in [-0.25, -0.2) is 4.39 Å². The number of H-pyrrole nitrogens is 1. The quantitative estimate of drug-likeness (QED) is 0.775. The highest BCUT2D eigenvalue weighted by Crippen LogP contribution is 2.13. The van der Waals surface area contributed by atoms with Crippen LogP contribution in [0.25, 0.3) is 10.9 Å². The molecule has 0 spiro atoms. The normalized spacial score (nSPS) is 10.8. The number of carbonyl (C=O) groups excluding carboxylic acids is 1. The number of halogens is 1. The third-order valence-corrected chi connectivity index (χ3v) is 3.81. The molecule has 1 heterocycles. The van der Waals surface area contributed by atoms with Gasteiger partial charge in [0.2, 0.25) is 5.91 Å². The summed E-state index contributed by atoms with van der Waals surface area (Å²) < 4.78 is 13.1. The second kappa shape index (κ2) is 6.66. The number of hydrogen-bond acceptors (Lipinski definition) is 2. The maximum absolute atomic E-state index is 13.1. The van der Waals surface area contributed by atoms with Crippen LogP contribution in [0.15, 0.2) is 53.3 Å². The summed E-state index contributed by atoms with van der Waals surface area (Å²) in [6.45, 7) is 2.11. The van der Waals surface area contributed by atoms with Crippen molar-refractivity contribution in [2.45, 2.75) is 19.9 Å². The van der Waals surface area contributed by atoms with Gasteiger partial charge in [0, 0.05) is 17.6 Å². The molecule has 0 radical (unpaired) electrons. The van der Waals surface area contributed by atoms with Crippen LogP contribution in [0.5, 0.6) is 0 Å². The summed E-state index contributed by atoms with van der Waals surface area (Å²) in [6, 6.07) is 13.5. The first-order valence-corrected chi connectivity index (χ1v) is 7.65. The molecule has 0 saturated heterocycles. The molecule has 0 bridgehead atoms. The maximum atomic E-state index is 13.1. The Labute approximate surface area is 138 Å². The predicted molar refractivity (Wildman–Crippen MR) is 91.3 cm³/mol. The molecule has 24 heavy (non-hydrogen) atoms. The lowest BCUT2D eigenvalue weighted by Gasteiger charge is -2.07. The van der Waals surface area contributed by atoms with Crippen LogP contribution in [0.4, 0.5) is 4.39 Å². The van der Waals surface area contributed by atoms with E-state index in [0.717, 1.165) is 16.5 Å². The van der Waals surface area contributed by atoms with E-state index in [2.05, 4.69) is 10.3 Å². The van der Waals surface area contributed by atoms with Crippen LogP contribution in [0.2, 0.25) is 0 Å². The van der Waals surface area contributed by atoms with Crippen LogP contribution in [0, 0.1) is 12.7 Å². The van der Waals surface area contributed by atoms with E-state index >= 15 is 0 Å². The minimum absolute atomic E-state index is 0.0718. The molecule has 0 fully saturated rings. The lowest BCUT2D eigenvalue weighted by atomic mass is 10.1. The highest BCUT2D eigenvalue weighted by atomic mass is 19.1. The number of rotatable bonds is 4. The van der Waals surface area contributed by atoms with Crippen LogP contribution in [0.3, 0.4) is 0 Å². The highest BCUT2D eigenvalue weighted by molar-refractivity contribution is 5.80. The van der Waals surface area contributed by atoms with E-state index in [1.807, 2.05) is 25.1 Å². The fourth-order valence-corrected chi connectivity index (χ4v) is 2.59. The fraction of sp³-hybridized carbons (Fsp3) is 0.158.